The van der Waals surface area contributed by atoms with Crippen molar-refractivity contribution in [2.45, 2.75) is 13.5 Å². The maximum absolute atomic E-state index is 12.4. The highest BCUT2D eigenvalue weighted by Gasteiger charge is 2.12. The van der Waals surface area contributed by atoms with Gasteiger partial charge in [-0.2, -0.15) is 0 Å². The van der Waals surface area contributed by atoms with Crippen molar-refractivity contribution in [3.05, 3.63) is 84.1 Å². The van der Waals surface area contributed by atoms with E-state index in [1.807, 2.05) is 79.9 Å². The van der Waals surface area contributed by atoms with Gasteiger partial charge in [0.15, 0.2) is 0 Å². The fourth-order valence-corrected chi connectivity index (χ4v) is 1.90. The minimum atomic E-state index is 0.0163. The van der Waals surface area contributed by atoms with Crippen LogP contribution in [0.1, 0.15) is 22.8 Å². The Balaban J connectivity index is 2.19. The van der Waals surface area contributed by atoms with Crippen molar-refractivity contribution >= 4 is 5.91 Å². The van der Waals surface area contributed by atoms with Crippen LogP contribution in [0.4, 0.5) is 0 Å². The molecule has 2 rings (SSSR count). The van der Waals surface area contributed by atoms with Crippen molar-refractivity contribution in [2.24, 2.45) is 0 Å². The Morgan fingerprint density at radius 2 is 1.58 bits per heavy atom. The average molecular weight is 251 g/mol. The largest absolute Gasteiger partial charge is 0.311 e. The summed E-state index contributed by atoms with van der Waals surface area (Å²) in [6.45, 7) is 2.50. The quantitative estimate of drug-likeness (QED) is 0.808. The van der Waals surface area contributed by atoms with E-state index in [2.05, 4.69) is 0 Å². The van der Waals surface area contributed by atoms with Crippen molar-refractivity contribution in [3.63, 3.8) is 0 Å². The van der Waals surface area contributed by atoms with Gasteiger partial charge in [-0.05, 0) is 24.6 Å². The van der Waals surface area contributed by atoms with Crippen LogP contribution >= 0.6 is 0 Å². The maximum atomic E-state index is 12.4. The fraction of sp³-hybridized carbons (Fsp3) is 0.118. The van der Waals surface area contributed by atoms with Crippen LogP contribution in [0.25, 0.3) is 0 Å². The van der Waals surface area contributed by atoms with Crippen LogP contribution in [-0.4, -0.2) is 10.8 Å². The Bertz CT molecular complexity index is 546. The van der Waals surface area contributed by atoms with Crippen LogP contribution < -0.4 is 0 Å². The molecule has 2 aromatic rings. The smallest absolute Gasteiger partial charge is 0.258 e. The molecular formula is C17H17NO. The van der Waals surface area contributed by atoms with Gasteiger partial charge < -0.3 is 4.90 Å². The van der Waals surface area contributed by atoms with Crippen LogP contribution in [0.15, 0.2) is 72.9 Å². The Morgan fingerprint density at radius 1 is 1.00 bits per heavy atom. The first-order valence-electron chi connectivity index (χ1n) is 6.34. The number of rotatable bonds is 4. The average Bonchev–Trinajstić information content (AvgIpc) is 2.48. The van der Waals surface area contributed by atoms with Crippen molar-refractivity contribution < 1.29 is 4.79 Å². The summed E-state index contributed by atoms with van der Waals surface area (Å²) in [6, 6.07) is 19.3. The molecule has 0 N–H and O–H groups in total. The molecule has 0 aliphatic rings. The summed E-state index contributed by atoms with van der Waals surface area (Å²) in [5.41, 5.74) is 1.82. The van der Waals surface area contributed by atoms with Gasteiger partial charge in [-0.1, -0.05) is 54.6 Å². The van der Waals surface area contributed by atoms with Crippen molar-refractivity contribution in [1.82, 2.24) is 4.90 Å². The number of nitrogens with zero attached hydrogens (tertiary/aromatic N) is 1. The standard InChI is InChI=1S/C17H17NO/c1-2-13-18(14-15-9-5-3-6-10-15)17(19)16-11-7-4-8-12-16/h2-13H,14H2,1H3/b13-2+. The van der Waals surface area contributed by atoms with Gasteiger partial charge in [0, 0.05) is 11.8 Å². The van der Waals surface area contributed by atoms with Crippen molar-refractivity contribution in [1.29, 1.82) is 0 Å². The first-order valence-corrected chi connectivity index (χ1v) is 6.34. The second kappa shape index (κ2) is 6.55. The number of carbonyl (C=O) groups excluding carboxylic acids is 1. The molecule has 2 heteroatoms. The van der Waals surface area contributed by atoms with Gasteiger partial charge in [0.2, 0.25) is 0 Å². The lowest BCUT2D eigenvalue weighted by atomic mass is 10.1. The van der Waals surface area contributed by atoms with E-state index in [9.17, 15) is 4.79 Å². The van der Waals surface area contributed by atoms with Crippen LogP contribution in [0.3, 0.4) is 0 Å². The molecule has 0 spiro atoms. The van der Waals surface area contributed by atoms with E-state index < -0.39 is 0 Å². The van der Waals surface area contributed by atoms with E-state index in [-0.39, 0.29) is 5.91 Å². The molecule has 0 atom stereocenters. The number of hydrogen-bond donors (Lipinski definition) is 0. The molecule has 0 saturated carbocycles. The normalized spacial score (nSPS) is 10.6. The molecule has 0 aliphatic heterocycles. The Kier molecular flexibility index (Phi) is 4.51. The van der Waals surface area contributed by atoms with Gasteiger partial charge in [0.1, 0.15) is 0 Å². The predicted molar refractivity (Wildman–Crippen MR) is 77.6 cm³/mol. The minimum Gasteiger partial charge on any atom is -0.311 e. The van der Waals surface area contributed by atoms with E-state index >= 15 is 0 Å². The highest BCUT2D eigenvalue weighted by molar-refractivity contribution is 5.94. The van der Waals surface area contributed by atoms with Gasteiger partial charge in [0.05, 0.1) is 6.54 Å². The molecular weight excluding hydrogens is 234 g/mol. The summed E-state index contributed by atoms with van der Waals surface area (Å²) < 4.78 is 0. The zero-order chi connectivity index (χ0) is 13.5. The zero-order valence-corrected chi connectivity index (χ0v) is 11.0. The lowest BCUT2D eigenvalue weighted by Gasteiger charge is -2.18. The van der Waals surface area contributed by atoms with Gasteiger partial charge in [0.25, 0.3) is 5.91 Å². The van der Waals surface area contributed by atoms with E-state index in [0.29, 0.717) is 12.1 Å². The molecule has 2 aromatic carbocycles. The Hall–Kier alpha value is -2.35. The minimum absolute atomic E-state index is 0.0163. The third-order valence-electron chi connectivity index (χ3n) is 2.81. The second-order valence-electron chi connectivity index (χ2n) is 4.27. The van der Waals surface area contributed by atoms with E-state index in [1.165, 1.54) is 0 Å². The summed E-state index contributed by atoms with van der Waals surface area (Å²) >= 11 is 0. The number of hydrogen-bond acceptors (Lipinski definition) is 1. The zero-order valence-electron chi connectivity index (χ0n) is 11.0. The third kappa shape index (κ3) is 3.55. The topological polar surface area (TPSA) is 20.3 Å². The lowest BCUT2D eigenvalue weighted by Crippen LogP contribution is -2.25. The number of carbonyl (C=O) groups is 1. The van der Waals surface area contributed by atoms with E-state index in [0.717, 1.165) is 5.56 Å². The van der Waals surface area contributed by atoms with E-state index in [1.54, 1.807) is 4.90 Å². The second-order valence-corrected chi connectivity index (χ2v) is 4.27. The SMILES string of the molecule is C/C=C/N(Cc1ccccc1)C(=O)c1ccccc1. The summed E-state index contributed by atoms with van der Waals surface area (Å²) in [7, 11) is 0. The first-order chi connectivity index (χ1) is 9.31. The third-order valence-corrected chi connectivity index (χ3v) is 2.81. The molecule has 0 bridgehead atoms. The summed E-state index contributed by atoms with van der Waals surface area (Å²) in [4.78, 5) is 14.1. The number of benzene rings is 2. The van der Waals surface area contributed by atoms with Crippen LogP contribution in [0, 0.1) is 0 Å². The van der Waals surface area contributed by atoms with Crippen LogP contribution in [-0.2, 0) is 6.54 Å². The van der Waals surface area contributed by atoms with Crippen LogP contribution in [0.2, 0.25) is 0 Å². The van der Waals surface area contributed by atoms with Crippen LogP contribution in [0.5, 0.6) is 0 Å². The molecule has 96 valence electrons. The molecule has 0 fully saturated rings. The van der Waals surface area contributed by atoms with Crippen molar-refractivity contribution in [3.8, 4) is 0 Å². The highest BCUT2D eigenvalue weighted by atomic mass is 16.2. The van der Waals surface area contributed by atoms with E-state index in [4.69, 9.17) is 0 Å². The van der Waals surface area contributed by atoms with Gasteiger partial charge in [-0.3, -0.25) is 4.79 Å². The maximum Gasteiger partial charge on any atom is 0.258 e. The number of allylic oxidation sites excluding steroid dienone is 1. The highest BCUT2D eigenvalue weighted by Crippen LogP contribution is 2.10. The summed E-state index contributed by atoms with van der Waals surface area (Å²) in [6.07, 6.45) is 3.70. The van der Waals surface area contributed by atoms with Crippen molar-refractivity contribution in [2.75, 3.05) is 0 Å². The molecule has 0 unspecified atom stereocenters. The Labute approximate surface area is 114 Å². The molecule has 0 radical (unpaired) electrons. The lowest BCUT2D eigenvalue weighted by molar-refractivity contribution is 0.0813. The van der Waals surface area contributed by atoms with Gasteiger partial charge >= 0.3 is 0 Å². The predicted octanol–water partition coefficient (Wildman–Crippen LogP) is 3.86. The molecule has 1 amide bonds. The molecule has 0 aliphatic carbocycles. The monoisotopic (exact) mass is 251 g/mol. The fourth-order valence-electron chi connectivity index (χ4n) is 1.90. The molecule has 0 heterocycles. The number of amides is 1. The van der Waals surface area contributed by atoms with Gasteiger partial charge in [-0.25, -0.2) is 0 Å². The molecule has 19 heavy (non-hydrogen) atoms. The molecule has 0 saturated heterocycles. The van der Waals surface area contributed by atoms with Gasteiger partial charge in [-0.15, -0.1) is 0 Å². The Morgan fingerprint density at radius 3 is 2.16 bits per heavy atom. The molecule has 0 aromatic heterocycles. The summed E-state index contributed by atoms with van der Waals surface area (Å²) in [5.74, 6) is 0.0163. The first kappa shape index (κ1) is 13.1. The molecule has 2 nitrogen and oxygen atoms in total. The summed E-state index contributed by atoms with van der Waals surface area (Å²) in [5, 5.41) is 0.